The van der Waals surface area contributed by atoms with E-state index in [0.717, 1.165) is 10.8 Å². The number of hydrogen-bond donors (Lipinski definition) is 2. The number of rotatable bonds is 7. The molecule has 1 atom stereocenters. The number of hydrogen-bond acceptors (Lipinski definition) is 4. The predicted octanol–water partition coefficient (Wildman–Crippen LogP) is 4.12. The van der Waals surface area contributed by atoms with Gasteiger partial charge in [0.15, 0.2) is 0 Å². The normalized spacial score (nSPS) is 16.5. The van der Waals surface area contributed by atoms with Crippen LogP contribution in [0.2, 0.25) is 0 Å². The van der Waals surface area contributed by atoms with Gasteiger partial charge >= 0.3 is 5.97 Å². The van der Waals surface area contributed by atoms with E-state index in [0.29, 0.717) is 37.2 Å². The number of ether oxygens (including phenoxy) is 1. The molecule has 4 rings (SSSR count). The number of aliphatic hydroxyl groups is 1. The minimum atomic E-state index is -1.21. The van der Waals surface area contributed by atoms with Gasteiger partial charge in [0, 0.05) is 25.1 Å². The van der Waals surface area contributed by atoms with Crippen LogP contribution in [0.4, 0.5) is 0 Å². The van der Waals surface area contributed by atoms with E-state index in [1.54, 1.807) is 17.0 Å². The van der Waals surface area contributed by atoms with Crippen LogP contribution in [-0.4, -0.2) is 51.8 Å². The van der Waals surface area contributed by atoms with E-state index in [9.17, 15) is 14.7 Å². The topological polar surface area (TPSA) is 87.1 Å². The summed E-state index contributed by atoms with van der Waals surface area (Å²) in [5, 5.41) is 22.5. The quantitative estimate of drug-likeness (QED) is 0.585. The maximum Gasteiger partial charge on any atom is 0.303 e. The lowest BCUT2D eigenvalue weighted by atomic mass is 9.83. The summed E-state index contributed by atoms with van der Waals surface area (Å²) in [6, 6.07) is 22.6. The number of carbonyl (C=O) groups excluding carboxylic acids is 1. The molecule has 0 spiro atoms. The zero-order valence-electron chi connectivity index (χ0n) is 17.8. The van der Waals surface area contributed by atoms with Crippen molar-refractivity contribution in [3.63, 3.8) is 0 Å². The second kappa shape index (κ2) is 9.40. The molecule has 0 bridgehead atoms. The number of likely N-dealkylation sites (tertiary alicyclic amines) is 1. The van der Waals surface area contributed by atoms with Crippen molar-refractivity contribution in [2.45, 2.75) is 37.4 Å². The van der Waals surface area contributed by atoms with Crippen molar-refractivity contribution in [3.05, 3.63) is 78.4 Å². The lowest BCUT2D eigenvalue weighted by Gasteiger charge is -2.42. The number of fused-ring (bicyclic) bond motifs is 1. The van der Waals surface area contributed by atoms with Gasteiger partial charge in [0.25, 0.3) is 5.91 Å². The summed E-state index contributed by atoms with van der Waals surface area (Å²) in [6.45, 7) is 0.751. The number of amides is 1. The number of para-hydroxylation sites is 1. The summed E-state index contributed by atoms with van der Waals surface area (Å²) in [5.74, 6) is -0.403. The lowest BCUT2D eigenvalue weighted by molar-refractivity contribution is -0.139. The summed E-state index contributed by atoms with van der Waals surface area (Å²) in [7, 11) is 0. The number of aliphatic carboxylic acids is 1. The van der Waals surface area contributed by atoms with Gasteiger partial charge in [-0.3, -0.25) is 9.59 Å². The minimum Gasteiger partial charge on any atom is -0.487 e. The molecule has 2 N–H and O–H groups in total. The van der Waals surface area contributed by atoms with Crippen LogP contribution in [0.25, 0.3) is 10.8 Å². The first-order valence-corrected chi connectivity index (χ1v) is 10.9. The Morgan fingerprint density at radius 2 is 1.59 bits per heavy atom. The van der Waals surface area contributed by atoms with Crippen molar-refractivity contribution >= 4 is 22.6 Å². The molecule has 3 aromatic rings. The molecule has 6 nitrogen and oxygen atoms in total. The first-order chi connectivity index (χ1) is 15.5. The van der Waals surface area contributed by atoms with Crippen molar-refractivity contribution in [1.82, 2.24) is 4.90 Å². The molecule has 1 heterocycles. The average Bonchev–Trinajstić information content (AvgIpc) is 2.82. The van der Waals surface area contributed by atoms with E-state index < -0.39 is 17.7 Å². The molecule has 0 saturated carbocycles. The number of carbonyl (C=O) groups is 2. The number of piperidine rings is 1. The van der Waals surface area contributed by atoms with Gasteiger partial charge in [0.05, 0.1) is 0 Å². The fourth-order valence-electron chi connectivity index (χ4n) is 4.36. The Balaban J connectivity index is 1.49. The third-order valence-corrected chi connectivity index (χ3v) is 6.18. The Hall–Kier alpha value is -3.38. The van der Waals surface area contributed by atoms with Crippen molar-refractivity contribution in [3.8, 4) is 5.75 Å². The number of carboxylic acids is 1. The van der Waals surface area contributed by atoms with Crippen LogP contribution in [0, 0.1) is 0 Å². The molecule has 1 aliphatic heterocycles. The maximum absolute atomic E-state index is 13.2. The lowest BCUT2D eigenvalue weighted by Crippen LogP contribution is -2.54. The van der Waals surface area contributed by atoms with Crippen molar-refractivity contribution < 1.29 is 24.5 Å². The van der Waals surface area contributed by atoms with E-state index in [4.69, 9.17) is 9.84 Å². The second-order valence-electron chi connectivity index (χ2n) is 8.27. The highest BCUT2D eigenvalue weighted by atomic mass is 16.5. The molecule has 1 saturated heterocycles. The monoisotopic (exact) mass is 433 g/mol. The smallest absolute Gasteiger partial charge is 0.303 e. The number of carboxylic acid groups (broad SMARTS) is 1. The van der Waals surface area contributed by atoms with Crippen LogP contribution in [0.5, 0.6) is 5.75 Å². The van der Waals surface area contributed by atoms with Gasteiger partial charge in [0.1, 0.15) is 17.5 Å². The van der Waals surface area contributed by atoms with Crippen LogP contribution in [0.1, 0.15) is 36.0 Å². The average molecular weight is 434 g/mol. The molecule has 32 heavy (non-hydrogen) atoms. The van der Waals surface area contributed by atoms with Gasteiger partial charge in [-0.2, -0.15) is 0 Å². The molecule has 0 aliphatic carbocycles. The number of benzene rings is 3. The summed E-state index contributed by atoms with van der Waals surface area (Å²) >= 11 is 0. The highest BCUT2D eigenvalue weighted by Gasteiger charge is 2.42. The largest absolute Gasteiger partial charge is 0.487 e. The van der Waals surface area contributed by atoms with Gasteiger partial charge in [-0.1, -0.05) is 54.6 Å². The van der Waals surface area contributed by atoms with E-state index in [2.05, 4.69) is 0 Å². The van der Waals surface area contributed by atoms with Gasteiger partial charge < -0.3 is 19.8 Å². The summed E-state index contributed by atoms with van der Waals surface area (Å²) in [6.07, 6.45) is 0.0633. The first kappa shape index (κ1) is 21.8. The Morgan fingerprint density at radius 1 is 0.938 bits per heavy atom. The van der Waals surface area contributed by atoms with Crippen LogP contribution >= 0.6 is 0 Å². The summed E-state index contributed by atoms with van der Waals surface area (Å²) in [5.41, 5.74) is -0.558. The third kappa shape index (κ3) is 4.75. The molecule has 166 valence electrons. The van der Waals surface area contributed by atoms with Gasteiger partial charge in [0.2, 0.25) is 0 Å². The second-order valence-corrected chi connectivity index (χ2v) is 8.27. The SMILES string of the molecule is O=C(O)CCC(Oc1ccccc1)C1(O)CCN(C(=O)c2cccc3ccccc23)CC1. The van der Waals surface area contributed by atoms with E-state index in [-0.39, 0.29) is 18.7 Å². The van der Waals surface area contributed by atoms with Crippen LogP contribution in [0.15, 0.2) is 72.8 Å². The molecule has 1 amide bonds. The Kier molecular flexibility index (Phi) is 6.42. The number of nitrogens with zero attached hydrogens (tertiary/aromatic N) is 1. The standard InChI is InChI=1S/C26H27NO5/c28-24(29)14-13-23(32-20-9-2-1-3-10-20)26(31)15-17-27(18-16-26)25(30)22-12-6-8-19-7-4-5-11-21(19)22/h1-12,23,31H,13-18H2,(H,28,29). The van der Waals surface area contributed by atoms with Crippen molar-refractivity contribution in [1.29, 1.82) is 0 Å². The van der Waals surface area contributed by atoms with E-state index in [1.807, 2.05) is 60.7 Å². The fourth-order valence-corrected chi connectivity index (χ4v) is 4.36. The maximum atomic E-state index is 13.2. The zero-order chi connectivity index (χ0) is 22.6. The first-order valence-electron chi connectivity index (χ1n) is 10.9. The molecule has 0 radical (unpaired) electrons. The zero-order valence-corrected chi connectivity index (χ0v) is 17.8. The Morgan fingerprint density at radius 3 is 2.31 bits per heavy atom. The van der Waals surface area contributed by atoms with E-state index >= 15 is 0 Å². The molecule has 1 aliphatic rings. The Labute approximate surface area is 187 Å². The van der Waals surface area contributed by atoms with Crippen molar-refractivity contribution in [2.24, 2.45) is 0 Å². The van der Waals surface area contributed by atoms with Gasteiger partial charge in [-0.25, -0.2) is 0 Å². The highest BCUT2D eigenvalue weighted by molar-refractivity contribution is 6.07. The molecule has 1 unspecified atom stereocenters. The highest BCUT2D eigenvalue weighted by Crippen LogP contribution is 2.32. The van der Waals surface area contributed by atoms with Crippen LogP contribution in [-0.2, 0) is 4.79 Å². The molecule has 3 aromatic carbocycles. The molecular weight excluding hydrogens is 406 g/mol. The minimum absolute atomic E-state index is 0.0603. The van der Waals surface area contributed by atoms with E-state index in [1.165, 1.54) is 0 Å². The molecule has 1 fully saturated rings. The molecule has 6 heteroatoms. The third-order valence-electron chi connectivity index (χ3n) is 6.18. The van der Waals surface area contributed by atoms with Gasteiger partial charge in [-0.05, 0) is 48.2 Å². The van der Waals surface area contributed by atoms with Gasteiger partial charge in [-0.15, -0.1) is 0 Å². The van der Waals surface area contributed by atoms with Crippen LogP contribution < -0.4 is 4.74 Å². The summed E-state index contributed by atoms with van der Waals surface area (Å²) in [4.78, 5) is 26.2. The summed E-state index contributed by atoms with van der Waals surface area (Å²) < 4.78 is 6.03. The van der Waals surface area contributed by atoms with Crippen LogP contribution in [0.3, 0.4) is 0 Å². The van der Waals surface area contributed by atoms with Crippen molar-refractivity contribution in [2.75, 3.05) is 13.1 Å². The fraction of sp³-hybridized carbons (Fsp3) is 0.308. The molecular formula is C26H27NO5. The Bertz CT molecular complexity index is 1080. The predicted molar refractivity (Wildman–Crippen MR) is 122 cm³/mol. The molecule has 0 aromatic heterocycles.